The molecule has 0 saturated carbocycles. The Balaban J connectivity index is -0.000000808. The first-order chi connectivity index (χ1) is 35.4. The van der Waals surface area contributed by atoms with E-state index in [0.717, 1.165) is 59.4 Å². The maximum absolute atomic E-state index is 12.3. The minimum absolute atomic E-state index is 0.0553. The van der Waals surface area contributed by atoms with Crippen LogP contribution in [-0.2, 0) is 52.8 Å². The van der Waals surface area contributed by atoms with Crippen LogP contribution in [0.25, 0.3) is 0 Å². The van der Waals surface area contributed by atoms with E-state index < -0.39 is 62.2 Å². The zero-order chi connectivity index (χ0) is 60.1. The Kier molecular flexibility index (Phi) is 40.8. The van der Waals surface area contributed by atoms with Crippen molar-refractivity contribution in [3.8, 4) is 0 Å². The minimum Gasteiger partial charge on any atom is -0.481 e. The summed E-state index contributed by atoms with van der Waals surface area (Å²) in [5.74, 6) is -4.18. The van der Waals surface area contributed by atoms with Crippen molar-refractivity contribution < 1.29 is 83.9 Å². The first-order valence-corrected chi connectivity index (χ1v) is 31.1. The fraction of sp³-hybridized carbons (Fsp3) is 0.312. The van der Waals surface area contributed by atoms with Gasteiger partial charge in [-0.05, 0) is 130 Å². The van der Waals surface area contributed by atoms with Gasteiger partial charge in [0.2, 0.25) is 9.05 Å². The molecule has 77 heavy (non-hydrogen) atoms. The highest BCUT2D eigenvalue weighted by Gasteiger charge is 2.22. The average Bonchev–Trinajstić information content (AvgIpc) is 3.88. The first-order valence-electron chi connectivity index (χ1n) is 21.7. The Morgan fingerprint density at radius 2 is 1.27 bits per heavy atom. The van der Waals surface area contributed by atoms with E-state index in [0.29, 0.717) is 11.1 Å². The minimum atomic E-state index is -3.57. The van der Waals surface area contributed by atoms with Gasteiger partial charge in [-0.3, -0.25) is 29.0 Å². The molecule has 0 aliphatic carbocycles. The van der Waals surface area contributed by atoms with E-state index in [1.54, 1.807) is 41.8 Å². The zero-order valence-electron chi connectivity index (χ0n) is 42.0. The van der Waals surface area contributed by atoms with Crippen molar-refractivity contribution in [1.29, 1.82) is 0 Å². The molecule has 1 fully saturated rings. The number of hydrogen-bond donors (Lipinski definition) is 5. The summed E-state index contributed by atoms with van der Waals surface area (Å²) in [6, 6.07) is 25.0. The molecular weight excluding hydrogens is 1290 g/mol. The van der Waals surface area contributed by atoms with Crippen molar-refractivity contribution in [2.24, 2.45) is 11.8 Å². The molecule has 5 N–H and O–H groups in total. The number of carboxylic acid groups (broad SMARTS) is 5. The Bertz CT molecular complexity index is 2860. The number of carboxylic acids is 5. The van der Waals surface area contributed by atoms with Gasteiger partial charge in [-0.2, -0.15) is 0 Å². The number of piperidine rings is 1. The number of rotatable bonds is 10. The lowest BCUT2D eigenvalue weighted by Crippen LogP contribution is -2.33. The number of pyridine rings is 1. The molecule has 0 amide bonds. The van der Waals surface area contributed by atoms with E-state index in [2.05, 4.69) is 41.7 Å². The second-order valence-electron chi connectivity index (χ2n) is 15.6. The topological polar surface area (TPSA) is 322 Å². The quantitative estimate of drug-likeness (QED) is 0.0641. The summed E-state index contributed by atoms with van der Waals surface area (Å²) < 4.78 is 76.8. The van der Waals surface area contributed by atoms with Crippen molar-refractivity contribution >= 4 is 139 Å². The number of aromatic carboxylic acids is 1. The van der Waals surface area contributed by atoms with Crippen LogP contribution in [0.15, 0.2) is 133 Å². The van der Waals surface area contributed by atoms with E-state index in [1.807, 2.05) is 33.0 Å². The van der Waals surface area contributed by atoms with Gasteiger partial charge in [0, 0.05) is 72.3 Å². The van der Waals surface area contributed by atoms with Crippen molar-refractivity contribution in [2.75, 3.05) is 20.1 Å². The van der Waals surface area contributed by atoms with Gasteiger partial charge in [0.15, 0.2) is 0 Å². The number of nitrogens with zero attached hydrogens (tertiary/aromatic N) is 2. The molecular formula is C48H58Br2Cl3FN2O17S4. The van der Waals surface area contributed by atoms with Gasteiger partial charge in [-0.25, -0.2) is 34.4 Å². The van der Waals surface area contributed by atoms with Gasteiger partial charge in [-0.15, -0.1) is 11.3 Å². The summed E-state index contributed by atoms with van der Waals surface area (Å²) >= 11 is 7.53. The first kappa shape index (κ1) is 76.3. The lowest BCUT2D eigenvalue weighted by atomic mass is 9.98. The number of thiophene rings is 1. The van der Waals surface area contributed by atoms with Crippen molar-refractivity contribution in [2.45, 2.75) is 74.7 Å². The fourth-order valence-electron chi connectivity index (χ4n) is 4.45. The van der Waals surface area contributed by atoms with Gasteiger partial charge in [0.05, 0.1) is 28.0 Å². The summed E-state index contributed by atoms with van der Waals surface area (Å²) in [5, 5.41) is 42.0. The Labute approximate surface area is 481 Å². The summed E-state index contributed by atoms with van der Waals surface area (Å²) in [6.45, 7) is 9.76. The number of aromatic nitrogens is 1. The molecule has 0 unspecified atom stereocenters. The third kappa shape index (κ3) is 45.8. The van der Waals surface area contributed by atoms with E-state index >= 15 is 0 Å². The van der Waals surface area contributed by atoms with Crippen LogP contribution in [0.5, 0.6) is 0 Å². The SMILES string of the molecule is CC(=O)O.CC(C)CC(=O)O.CC(C)S(=O)(=O)Cl.CN1CCC(C(=O)O)CC1.O=C(O)Cc1ccc(F)cc1.O=C(O)c1cccnc1.O=Cc1cccc(Br)c1.O=S(=O)(Cl)c1ccc(Br)cc1.O=S(=O)(Cl)c1cccs1. The van der Waals surface area contributed by atoms with Crippen LogP contribution in [0.3, 0.4) is 0 Å². The van der Waals surface area contributed by atoms with E-state index in [-0.39, 0.29) is 45.2 Å². The highest BCUT2D eigenvalue weighted by atomic mass is 79.9. The number of likely N-dealkylation sites (tertiary alicyclic amines) is 1. The maximum atomic E-state index is 12.3. The number of aldehydes is 1. The Morgan fingerprint density at radius 3 is 1.56 bits per heavy atom. The van der Waals surface area contributed by atoms with Crippen LogP contribution in [-0.4, -0.2) is 122 Å². The monoisotopic (exact) mass is 1340 g/mol. The largest absolute Gasteiger partial charge is 0.481 e. The molecule has 1 saturated heterocycles. The molecule has 0 atom stereocenters. The summed E-state index contributed by atoms with van der Waals surface area (Å²) in [4.78, 5) is 65.6. The van der Waals surface area contributed by atoms with Crippen LogP contribution in [0.2, 0.25) is 0 Å². The third-order valence-corrected chi connectivity index (χ3v) is 15.8. The van der Waals surface area contributed by atoms with Gasteiger partial charge >= 0.3 is 23.9 Å². The highest BCUT2D eigenvalue weighted by Crippen LogP contribution is 2.20. The van der Waals surface area contributed by atoms with Crippen LogP contribution >= 0.6 is 75.2 Å². The second kappa shape index (κ2) is 41.2. The Morgan fingerprint density at radius 1 is 0.753 bits per heavy atom. The number of hydrogen-bond acceptors (Lipinski definition) is 15. The second-order valence-corrected chi connectivity index (χ2v) is 27.0. The molecule has 2 aromatic heterocycles. The number of benzene rings is 3. The molecule has 428 valence electrons. The average molecular weight is 1350 g/mol. The van der Waals surface area contributed by atoms with Crippen LogP contribution in [0, 0.1) is 17.7 Å². The van der Waals surface area contributed by atoms with Crippen molar-refractivity contribution in [3.05, 3.63) is 146 Å². The smallest absolute Gasteiger partial charge is 0.337 e. The number of carbonyl (C=O) groups is 6. The maximum Gasteiger partial charge on any atom is 0.337 e. The van der Waals surface area contributed by atoms with E-state index in [9.17, 15) is 53.6 Å². The van der Waals surface area contributed by atoms with E-state index in [1.165, 1.54) is 74.8 Å². The normalized spacial score (nSPS) is 11.8. The van der Waals surface area contributed by atoms with Crippen LogP contribution in [0.1, 0.15) is 80.2 Å². The van der Waals surface area contributed by atoms with Gasteiger partial charge in [0.25, 0.3) is 24.1 Å². The molecule has 1 aliphatic heterocycles. The summed E-state index contributed by atoms with van der Waals surface area (Å²) in [6.07, 6.45) is 5.51. The summed E-state index contributed by atoms with van der Waals surface area (Å²) in [7, 11) is 6.61. The number of carbonyl (C=O) groups excluding carboxylic acids is 1. The van der Waals surface area contributed by atoms with Crippen LogP contribution in [0.4, 0.5) is 4.39 Å². The molecule has 3 aromatic carbocycles. The van der Waals surface area contributed by atoms with Crippen molar-refractivity contribution in [3.63, 3.8) is 0 Å². The Hall–Kier alpha value is -4.90. The molecule has 0 radical (unpaired) electrons. The van der Waals surface area contributed by atoms with Crippen molar-refractivity contribution in [1.82, 2.24) is 9.88 Å². The molecule has 0 spiro atoms. The third-order valence-electron chi connectivity index (χ3n) is 8.21. The predicted molar refractivity (Wildman–Crippen MR) is 301 cm³/mol. The fourth-order valence-corrected chi connectivity index (χ4v) is 7.70. The highest BCUT2D eigenvalue weighted by molar-refractivity contribution is 9.10. The van der Waals surface area contributed by atoms with Gasteiger partial charge in [0.1, 0.15) is 16.3 Å². The summed E-state index contributed by atoms with van der Waals surface area (Å²) in [5.41, 5.74) is 1.53. The zero-order valence-corrected chi connectivity index (χ0v) is 50.7. The van der Waals surface area contributed by atoms with E-state index in [4.69, 9.17) is 62.4 Å². The predicted octanol–water partition coefficient (Wildman–Crippen LogP) is 11.1. The molecule has 19 nitrogen and oxygen atoms in total. The standard InChI is InChI=1S/C8H7FO2.C7H5BrO.C7H13NO2.C6H4BrClO2S.C6H5NO2.C5H10O2.C4H3ClO2S2.C3H7ClO2S.C2H4O2/c9-7-3-1-6(2-4-7)5-8(10)11;8-7-3-1-2-6(4-7)5-9;1-8-4-2-6(3-5-8)7(9)10;7-5-1-3-6(4-2-5)11(8,9)10;8-6(9)5-2-1-3-7-4-5;1-4(2)3-5(6)7;5-9(6,7)4-2-1-3-8-4;1-3(2)7(4,5)6;1-2(3)4/h1-4H,5H2,(H,10,11);1-5H;6H,2-5H2,1H3,(H,9,10);1-4H;1-4H,(H,8,9);4H,3H2,1-2H3,(H,6,7);1-3H;3H,1-2H3;1H3,(H,3,4). The molecule has 29 heteroatoms. The van der Waals surface area contributed by atoms with Gasteiger partial charge < -0.3 is 30.4 Å². The molecule has 1 aliphatic rings. The molecule has 6 rings (SSSR count). The molecule has 5 aromatic rings. The van der Waals surface area contributed by atoms with Gasteiger partial charge in [-0.1, -0.05) is 76.0 Å². The number of halogens is 6. The molecule has 0 bridgehead atoms. The lowest BCUT2D eigenvalue weighted by Gasteiger charge is -2.25. The molecule has 3 heterocycles. The number of aliphatic carboxylic acids is 4. The van der Waals surface area contributed by atoms with Crippen LogP contribution < -0.4 is 0 Å². The lowest BCUT2D eigenvalue weighted by molar-refractivity contribution is -0.143.